The highest BCUT2D eigenvalue weighted by atomic mass is 79.9. The van der Waals surface area contributed by atoms with Crippen molar-refractivity contribution in [3.05, 3.63) is 34.3 Å². The lowest BCUT2D eigenvalue weighted by molar-refractivity contribution is -0.122. The van der Waals surface area contributed by atoms with Crippen LogP contribution in [-0.4, -0.2) is 25.5 Å². The van der Waals surface area contributed by atoms with Crippen molar-refractivity contribution in [2.24, 2.45) is 11.8 Å². The van der Waals surface area contributed by atoms with Gasteiger partial charge in [0.2, 0.25) is 5.91 Å². The van der Waals surface area contributed by atoms with Crippen molar-refractivity contribution in [1.82, 2.24) is 10.6 Å². The van der Waals surface area contributed by atoms with Crippen molar-refractivity contribution in [3.8, 4) is 0 Å². The fourth-order valence-electron chi connectivity index (χ4n) is 3.75. The van der Waals surface area contributed by atoms with Crippen LogP contribution in [0.5, 0.6) is 0 Å². The van der Waals surface area contributed by atoms with Gasteiger partial charge in [-0.05, 0) is 68.3 Å². The first-order valence-corrected chi connectivity index (χ1v) is 9.62. The molecule has 1 aliphatic carbocycles. The molecular weight excluding hydrogens is 352 g/mol. The first-order valence-electron chi connectivity index (χ1n) is 8.82. The van der Waals surface area contributed by atoms with Gasteiger partial charge in [-0.25, -0.2) is 0 Å². The first kappa shape index (κ1) is 17.0. The molecule has 1 aromatic carbocycles. The fourth-order valence-corrected chi connectivity index (χ4v) is 4.15. The molecule has 1 saturated carbocycles. The van der Waals surface area contributed by atoms with Gasteiger partial charge in [-0.15, -0.1) is 0 Å². The Bertz CT molecular complexity index is 550. The van der Waals surface area contributed by atoms with Gasteiger partial charge < -0.3 is 10.6 Å². The fraction of sp³-hybridized carbons (Fsp3) is 0.632. The van der Waals surface area contributed by atoms with Crippen molar-refractivity contribution in [2.75, 3.05) is 19.6 Å². The van der Waals surface area contributed by atoms with E-state index in [0.717, 1.165) is 24.1 Å². The number of carbonyl (C=O) groups excluding carboxylic acids is 1. The van der Waals surface area contributed by atoms with E-state index in [-0.39, 0.29) is 11.3 Å². The Morgan fingerprint density at radius 1 is 1.39 bits per heavy atom. The van der Waals surface area contributed by atoms with Crippen LogP contribution in [-0.2, 0) is 10.2 Å². The number of amides is 1. The summed E-state index contributed by atoms with van der Waals surface area (Å²) in [4.78, 5) is 12.3. The van der Waals surface area contributed by atoms with Crippen LogP contribution >= 0.6 is 15.9 Å². The van der Waals surface area contributed by atoms with E-state index in [0.29, 0.717) is 18.3 Å². The van der Waals surface area contributed by atoms with E-state index in [4.69, 9.17) is 0 Å². The average Bonchev–Trinajstić information content (AvgIpc) is 3.35. The van der Waals surface area contributed by atoms with E-state index in [1.54, 1.807) is 0 Å². The number of piperidine rings is 1. The molecule has 126 valence electrons. The third-order valence-corrected chi connectivity index (χ3v) is 6.10. The summed E-state index contributed by atoms with van der Waals surface area (Å²) in [6, 6.07) is 8.51. The van der Waals surface area contributed by atoms with Crippen molar-refractivity contribution < 1.29 is 4.79 Å². The molecule has 1 amide bonds. The molecule has 0 bridgehead atoms. The molecule has 0 aromatic heterocycles. The van der Waals surface area contributed by atoms with Crippen molar-refractivity contribution >= 4 is 21.8 Å². The maximum Gasteiger partial charge on any atom is 0.220 e. The largest absolute Gasteiger partial charge is 0.355 e. The number of hydrogen-bond acceptors (Lipinski definition) is 2. The van der Waals surface area contributed by atoms with Crippen LogP contribution in [0.15, 0.2) is 28.7 Å². The molecule has 0 radical (unpaired) electrons. The Hall–Kier alpha value is -0.870. The molecule has 3 nitrogen and oxygen atoms in total. The molecule has 1 aliphatic heterocycles. The number of hydrogen-bond donors (Lipinski definition) is 2. The second-order valence-electron chi connectivity index (χ2n) is 7.34. The van der Waals surface area contributed by atoms with Gasteiger partial charge in [0.25, 0.3) is 0 Å². The zero-order valence-corrected chi connectivity index (χ0v) is 15.5. The normalized spacial score (nSPS) is 21.7. The lowest BCUT2D eigenvalue weighted by Gasteiger charge is -2.28. The molecule has 0 spiro atoms. The molecule has 1 unspecified atom stereocenters. The van der Waals surface area contributed by atoms with Gasteiger partial charge in [-0.1, -0.05) is 35.0 Å². The molecule has 1 heterocycles. The first-order chi connectivity index (χ1) is 11.1. The summed E-state index contributed by atoms with van der Waals surface area (Å²) in [5.41, 5.74) is 1.52. The molecule has 2 aliphatic rings. The van der Waals surface area contributed by atoms with Crippen LogP contribution in [0.1, 0.15) is 44.6 Å². The minimum Gasteiger partial charge on any atom is -0.355 e. The van der Waals surface area contributed by atoms with E-state index < -0.39 is 0 Å². The number of benzene rings is 1. The molecule has 2 N–H and O–H groups in total. The Labute approximate surface area is 147 Å². The summed E-state index contributed by atoms with van der Waals surface area (Å²) in [5.74, 6) is 1.40. The zero-order valence-electron chi connectivity index (χ0n) is 13.9. The third kappa shape index (κ3) is 4.36. The second kappa shape index (κ2) is 7.35. The van der Waals surface area contributed by atoms with Crippen LogP contribution in [0, 0.1) is 11.8 Å². The number of carbonyl (C=O) groups is 1. The molecule has 23 heavy (non-hydrogen) atoms. The van der Waals surface area contributed by atoms with Gasteiger partial charge in [-0.2, -0.15) is 0 Å². The van der Waals surface area contributed by atoms with E-state index in [1.165, 1.54) is 31.2 Å². The zero-order chi connectivity index (χ0) is 16.3. The third-order valence-electron chi connectivity index (χ3n) is 5.61. The highest BCUT2D eigenvalue weighted by Gasteiger charge is 2.44. The molecule has 3 rings (SSSR count). The Morgan fingerprint density at radius 3 is 2.78 bits per heavy atom. The maximum absolute atomic E-state index is 12.3. The quantitative estimate of drug-likeness (QED) is 0.793. The summed E-state index contributed by atoms with van der Waals surface area (Å²) in [5, 5.41) is 6.60. The van der Waals surface area contributed by atoms with E-state index >= 15 is 0 Å². The summed E-state index contributed by atoms with van der Waals surface area (Å²) in [6.07, 6.45) is 5.42. The predicted octanol–water partition coefficient (Wildman–Crippen LogP) is 3.62. The Kier molecular flexibility index (Phi) is 5.42. The topological polar surface area (TPSA) is 41.1 Å². The van der Waals surface area contributed by atoms with Gasteiger partial charge in [0, 0.05) is 22.9 Å². The van der Waals surface area contributed by atoms with Crippen molar-refractivity contribution in [2.45, 2.75) is 44.4 Å². The highest BCUT2D eigenvalue weighted by molar-refractivity contribution is 9.10. The molecule has 2 fully saturated rings. The van der Waals surface area contributed by atoms with Crippen LogP contribution in [0.4, 0.5) is 0 Å². The van der Waals surface area contributed by atoms with E-state index in [1.807, 2.05) is 0 Å². The maximum atomic E-state index is 12.3. The summed E-state index contributed by atoms with van der Waals surface area (Å²) < 4.78 is 1.12. The van der Waals surface area contributed by atoms with Gasteiger partial charge in [0.1, 0.15) is 0 Å². The standard InChI is InChI=1S/C19H27BrN2O/c1-14(15-5-9-21-10-6-15)11-18(23)22-13-19(7-8-19)16-3-2-4-17(20)12-16/h2-4,12,14-15,21H,5-11,13H2,1H3,(H,22,23). The van der Waals surface area contributed by atoms with Crippen LogP contribution in [0.25, 0.3) is 0 Å². The van der Waals surface area contributed by atoms with Crippen molar-refractivity contribution in [3.63, 3.8) is 0 Å². The molecule has 1 atom stereocenters. The molecule has 1 aromatic rings. The number of rotatable bonds is 6. The van der Waals surface area contributed by atoms with Crippen LogP contribution in [0.2, 0.25) is 0 Å². The lowest BCUT2D eigenvalue weighted by Crippen LogP contribution is -2.36. The molecule has 1 saturated heterocycles. The summed E-state index contributed by atoms with van der Waals surface area (Å²) >= 11 is 3.55. The van der Waals surface area contributed by atoms with Gasteiger partial charge in [0.15, 0.2) is 0 Å². The Balaban J connectivity index is 1.49. The van der Waals surface area contributed by atoms with Crippen molar-refractivity contribution in [1.29, 1.82) is 0 Å². The Morgan fingerprint density at radius 2 is 2.13 bits per heavy atom. The lowest BCUT2D eigenvalue weighted by atomic mass is 9.84. The summed E-state index contributed by atoms with van der Waals surface area (Å²) in [7, 11) is 0. The minimum atomic E-state index is 0.178. The number of halogens is 1. The smallest absolute Gasteiger partial charge is 0.220 e. The van der Waals surface area contributed by atoms with Crippen LogP contribution in [0.3, 0.4) is 0 Å². The molecular formula is C19H27BrN2O. The van der Waals surface area contributed by atoms with Gasteiger partial charge in [0.05, 0.1) is 0 Å². The van der Waals surface area contributed by atoms with Gasteiger partial charge in [-0.3, -0.25) is 4.79 Å². The average molecular weight is 379 g/mol. The SMILES string of the molecule is CC(CC(=O)NCC1(c2cccc(Br)c2)CC1)C1CCNCC1. The minimum absolute atomic E-state index is 0.178. The highest BCUT2D eigenvalue weighted by Crippen LogP contribution is 2.48. The summed E-state index contributed by atoms with van der Waals surface area (Å²) in [6.45, 7) is 5.21. The second-order valence-corrected chi connectivity index (χ2v) is 8.25. The van der Waals surface area contributed by atoms with E-state index in [9.17, 15) is 4.79 Å². The monoisotopic (exact) mass is 378 g/mol. The predicted molar refractivity (Wildman–Crippen MR) is 97.4 cm³/mol. The van der Waals surface area contributed by atoms with E-state index in [2.05, 4.69) is 57.8 Å². The van der Waals surface area contributed by atoms with Gasteiger partial charge >= 0.3 is 0 Å². The molecule has 4 heteroatoms. The number of nitrogens with one attached hydrogen (secondary N) is 2. The van der Waals surface area contributed by atoms with Crippen LogP contribution < -0.4 is 10.6 Å².